The lowest BCUT2D eigenvalue weighted by Crippen LogP contribution is -2.30. The van der Waals surface area contributed by atoms with Crippen molar-refractivity contribution in [1.82, 2.24) is 39.7 Å². The molecule has 7 rings (SSSR count). The van der Waals surface area contributed by atoms with Crippen molar-refractivity contribution in [3.63, 3.8) is 0 Å². The van der Waals surface area contributed by atoms with Crippen molar-refractivity contribution < 1.29 is 19.1 Å². The first-order valence-corrected chi connectivity index (χ1v) is 13.4. The van der Waals surface area contributed by atoms with Crippen LogP contribution in [0.1, 0.15) is 54.0 Å². The summed E-state index contributed by atoms with van der Waals surface area (Å²) in [6.45, 7) is 1.93. The Morgan fingerprint density at radius 2 is 2.05 bits per heavy atom. The van der Waals surface area contributed by atoms with Gasteiger partial charge in [-0.25, -0.2) is 24.3 Å². The average molecular weight is 555 g/mol. The summed E-state index contributed by atoms with van der Waals surface area (Å²) in [7, 11) is 1.47. The molecule has 3 fully saturated rings. The molecule has 4 amide bonds. The fourth-order valence-electron chi connectivity index (χ4n) is 4.94. The fraction of sp³-hybridized carbons (Fsp3) is 0.370. The van der Waals surface area contributed by atoms with E-state index in [0.717, 1.165) is 29.1 Å². The van der Waals surface area contributed by atoms with Crippen LogP contribution in [0.5, 0.6) is 5.75 Å². The summed E-state index contributed by atoms with van der Waals surface area (Å²) in [5, 5.41) is 15.5. The highest BCUT2D eigenvalue weighted by atomic mass is 16.5. The Hall–Kier alpha value is -5.01. The summed E-state index contributed by atoms with van der Waals surface area (Å²) in [6.07, 6.45) is 7.64. The number of anilines is 2. The van der Waals surface area contributed by atoms with Crippen molar-refractivity contribution in [1.29, 1.82) is 0 Å². The zero-order chi connectivity index (χ0) is 28.2. The van der Waals surface area contributed by atoms with Gasteiger partial charge in [-0.05, 0) is 38.3 Å². The number of rotatable bonds is 8. The van der Waals surface area contributed by atoms with E-state index in [0.29, 0.717) is 40.9 Å². The number of hydrogen-bond acceptors (Lipinski definition) is 10. The number of nitrogens with zero attached hydrogens (tertiary/aromatic N) is 9. The van der Waals surface area contributed by atoms with Crippen molar-refractivity contribution in [2.24, 2.45) is 5.92 Å². The molecule has 1 N–H and O–H groups in total. The maximum Gasteiger partial charge on any atom is 0.331 e. The molecule has 0 spiro atoms. The van der Waals surface area contributed by atoms with Crippen molar-refractivity contribution in [2.45, 2.75) is 44.6 Å². The van der Waals surface area contributed by atoms with E-state index in [1.165, 1.54) is 18.1 Å². The number of imidazole rings is 1. The molecular formula is C27H26N10O4. The second kappa shape index (κ2) is 9.57. The van der Waals surface area contributed by atoms with E-state index < -0.39 is 6.03 Å². The van der Waals surface area contributed by atoms with Crippen molar-refractivity contribution in [3.05, 3.63) is 59.7 Å². The van der Waals surface area contributed by atoms with Crippen molar-refractivity contribution >= 4 is 35.0 Å². The summed E-state index contributed by atoms with van der Waals surface area (Å²) >= 11 is 0. The molecule has 4 aromatic heterocycles. The summed E-state index contributed by atoms with van der Waals surface area (Å²) < 4.78 is 7.55. The van der Waals surface area contributed by atoms with Gasteiger partial charge in [0.05, 0.1) is 29.5 Å². The van der Waals surface area contributed by atoms with E-state index in [-0.39, 0.29) is 42.6 Å². The van der Waals surface area contributed by atoms with E-state index in [4.69, 9.17) is 9.84 Å². The van der Waals surface area contributed by atoms with Gasteiger partial charge in [-0.1, -0.05) is 0 Å². The van der Waals surface area contributed by atoms with Gasteiger partial charge < -0.3 is 10.1 Å². The minimum atomic E-state index is -0.396. The number of fused-ring (bicyclic) bond motifs is 1. The van der Waals surface area contributed by atoms with Crippen LogP contribution in [0.3, 0.4) is 0 Å². The predicted molar refractivity (Wildman–Crippen MR) is 143 cm³/mol. The topological polar surface area (TPSA) is 161 Å². The van der Waals surface area contributed by atoms with Crippen LogP contribution in [0.4, 0.5) is 16.3 Å². The second-order valence-electron chi connectivity index (χ2n) is 10.6. The maximum atomic E-state index is 12.8. The van der Waals surface area contributed by atoms with Crippen molar-refractivity contribution in [2.75, 3.05) is 23.8 Å². The van der Waals surface area contributed by atoms with Gasteiger partial charge in [-0.15, -0.1) is 5.10 Å². The third kappa shape index (κ3) is 4.81. The number of hydrogen-bond donors (Lipinski definition) is 1. The molecule has 14 heteroatoms. The van der Waals surface area contributed by atoms with Crippen LogP contribution in [0.15, 0.2) is 36.8 Å². The van der Waals surface area contributed by atoms with Gasteiger partial charge in [-0.2, -0.15) is 10.2 Å². The standard InChI is InChI=1S/C27H26N10O4/c1-14-5-6-28-24(30-14)18-8-19(18)26(39)32-22-7-17(10-29-33-22)41-13-16-11-37-25(31-16)21(9-20(34-37)15-3-4-15)36-12-23(38)35(2)27(36)40/h5-7,9-11,15,18-19H,3-4,8,12-13H2,1-2H3,(H,32,33,39)/t18-,19-/m0/s1. The zero-order valence-electron chi connectivity index (χ0n) is 22.4. The van der Waals surface area contributed by atoms with Gasteiger partial charge in [0, 0.05) is 42.8 Å². The first kappa shape index (κ1) is 25.0. The SMILES string of the molecule is Cc1ccnc([C@H]2C[C@@H]2C(=O)Nc2cc(OCc3cn4nc(C5CC5)cc(N5CC(=O)N(C)C5=O)c4n3)cnn2)n1. The molecule has 1 aliphatic heterocycles. The Labute approximate surface area is 233 Å². The monoisotopic (exact) mass is 554 g/mol. The van der Waals surface area contributed by atoms with E-state index in [1.807, 2.05) is 19.1 Å². The summed E-state index contributed by atoms with van der Waals surface area (Å²) in [5.74, 6) is 1.01. The van der Waals surface area contributed by atoms with Gasteiger partial charge in [0.1, 0.15) is 24.7 Å². The van der Waals surface area contributed by atoms with Crippen LogP contribution in [0.2, 0.25) is 0 Å². The molecular weight excluding hydrogens is 528 g/mol. The molecule has 41 heavy (non-hydrogen) atoms. The van der Waals surface area contributed by atoms with Crippen LogP contribution in [0.25, 0.3) is 5.65 Å². The normalized spacial score (nSPS) is 20.1. The Morgan fingerprint density at radius 1 is 1.20 bits per heavy atom. The zero-order valence-corrected chi connectivity index (χ0v) is 22.4. The highest BCUT2D eigenvalue weighted by Crippen LogP contribution is 2.46. The first-order chi connectivity index (χ1) is 19.8. The Morgan fingerprint density at radius 3 is 2.80 bits per heavy atom. The van der Waals surface area contributed by atoms with Crippen LogP contribution in [0, 0.1) is 12.8 Å². The summed E-state index contributed by atoms with van der Waals surface area (Å²) in [6, 6.07) is 4.88. The molecule has 0 aromatic carbocycles. The van der Waals surface area contributed by atoms with Crippen LogP contribution in [-0.4, -0.2) is 71.1 Å². The molecule has 4 aromatic rings. The van der Waals surface area contributed by atoms with E-state index in [1.54, 1.807) is 23.0 Å². The first-order valence-electron chi connectivity index (χ1n) is 13.4. The van der Waals surface area contributed by atoms with Gasteiger partial charge in [0.25, 0.3) is 0 Å². The number of urea groups is 1. The van der Waals surface area contributed by atoms with Crippen LogP contribution in [-0.2, 0) is 16.2 Å². The van der Waals surface area contributed by atoms with Crippen LogP contribution < -0.4 is 15.0 Å². The second-order valence-corrected chi connectivity index (χ2v) is 10.6. The average Bonchev–Trinajstić information content (AvgIpc) is 3.89. The number of nitrogens with one attached hydrogen (secondary N) is 1. The highest BCUT2D eigenvalue weighted by molar-refractivity contribution is 6.13. The fourth-order valence-corrected chi connectivity index (χ4v) is 4.94. The highest BCUT2D eigenvalue weighted by Gasteiger charge is 2.46. The number of aromatic nitrogens is 7. The largest absolute Gasteiger partial charge is 0.485 e. The third-order valence-electron chi connectivity index (χ3n) is 7.49. The molecule has 5 heterocycles. The maximum absolute atomic E-state index is 12.8. The van der Waals surface area contributed by atoms with Crippen molar-refractivity contribution in [3.8, 4) is 5.75 Å². The van der Waals surface area contributed by atoms with E-state index >= 15 is 0 Å². The Kier molecular flexibility index (Phi) is 5.83. The van der Waals surface area contributed by atoms with Gasteiger partial charge in [-0.3, -0.25) is 19.4 Å². The van der Waals surface area contributed by atoms with E-state index in [2.05, 4.69) is 30.5 Å². The lowest BCUT2D eigenvalue weighted by molar-refractivity contribution is -0.124. The molecule has 14 nitrogen and oxygen atoms in total. The predicted octanol–water partition coefficient (Wildman–Crippen LogP) is 2.21. The summed E-state index contributed by atoms with van der Waals surface area (Å²) in [5.41, 5.74) is 3.30. The lowest BCUT2D eigenvalue weighted by Gasteiger charge is -2.16. The molecule has 2 saturated carbocycles. The smallest absolute Gasteiger partial charge is 0.331 e. The minimum Gasteiger partial charge on any atom is -0.485 e. The van der Waals surface area contributed by atoms with Gasteiger partial charge in [0.15, 0.2) is 11.5 Å². The number of aryl methyl sites for hydroxylation is 1. The number of carbonyl (C=O) groups excluding carboxylic acids is 3. The number of amides is 4. The Balaban J connectivity index is 1.05. The molecule has 208 valence electrons. The quantitative estimate of drug-likeness (QED) is 0.320. The lowest BCUT2D eigenvalue weighted by atomic mass is 10.2. The van der Waals surface area contributed by atoms with Gasteiger partial charge >= 0.3 is 6.03 Å². The molecule has 3 aliphatic rings. The molecule has 1 saturated heterocycles. The molecule has 2 atom stereocenters. The van der Waals surface area contributed by atoms with Crippen LogP contribution >= 0.6 is 0 Å². The minimum absolute atomic E-state index is 0.00866. The molecule has 0 bridgehead atoms. The number of ether oxygens (including phenoxy) is 1. The number of carbonyl (C=O) groups is 3. The van der Waals surface area contributed by atoms with E-state index in [9.17, 15) is 14.4 Å². The Bertz CT molecular complexity index is 1720. The number of likely N-dealkylation sites (N-methyl/N-ethyl adjacent to an activating group) is 1. The van der Waals surface area contributed by atoms with Gasteiger partial charge in [0.2, 0.25) is 11.8 Å². The molecule has 0 radical (unpaired) electrons. The molecule has 0 unspecified atom stereocenters. The molecule has 2 aliphatic carbocycles. The summed E-state index contributed by atoms with van der Waals surface area (Å²) in [4.78, 5) is 53.6. The third-order valence-corrected chi connectivity index (χ3v) is 7.49. The number of imide groups is 1.